The number of aryl methyl sites for hydroxylation is 2. The molecule has 0 atom stereocenters. The second-order valence-corrected chi connectivity index (χ2v) is 11.5. The predicted octanol–water partition coefficient (Wildman–Crippen LogP) is 6.19. The first kappa shape index (κ1) is 28.4. The van der Waals surface area contributed by atoms with E-state index in [9.17, 15) is 17.6 Å². The summed E-state index contributed by atoms with van der Waals surface area (Å²) in [6.45, 7) is 5.14. The third kappa shape index (κ3) is 6.33. The molecule has 39 heavy (non-hydrogen) atoms. The Morgan fingerprint density at radius 1 is 0.974 bits per heavy atom. The van der Waals surface area contributed by atoms with Crippen molar-refractivity contribution < 1.29 is 17.6 Å². The molecular weight excluding hydrogens is 562 g/mol. The summed E-state index contributed by atoms with van der Waals surface area (Å²) < 4.78 is 43.1. The van der Waals surface area contributed by atoms with Crippen molar-refractivity contribution in [1.82, 2.24) is 9.99 Å². The lowest BCUT2D eigenvalue weighted by Gasteiger charge is -2.23. The van der Waals surface area contributed by atoms with Gasteiger partial charge in [0.2, 0.25) is 0 Å². The number of carbonyl (C=O) groups excluding carboxylic acids is 1. The normalized spacial score (nSPS) is 11.6. The Morgan fingerprint density at radius 2 is 1.64 bits per heavy atom. The molecule has 202 valence electrons. The van der Waals surface area contributed by atoms with Gasteiger partial charge in [-0.05, 0) is 81.4 Å². The summed E-state index contributed by atoms with van der Waals surface area (Å²) in [5.74, 6) is -1.22. The molecule has 0 fully saturated rings. The number of halogens is 3. The van der Waals surface area contributed by atoms with Crippen LogP contribution < -0.4 is 9.73 Å². The van der Waals surface area contributed by atoms with Crippen LogP contribution in [0.5, 0.6) is 0 Å². The molecule has 3 aromatic carbocycles. The number of hydrazone groups is 1. The molecule has 7 nitrogen and oxygen atoms in total. The van der Waals surface area contributed by atoms with E-state index in [2.05, 4.69) is 10.5 Å². The number of benzene rings is 3. The molecule has 0 spiro atoms. The average molecular weight is 588 g/mol. The molecule has 0 bridgehead atoms. The zero-order chi connectivity index (χ0) is 28.3. The van der Waals surface area contributed by atoms with Gasteiger partial charge in [0.05, 0.1) is 26.8 Å². The van der Waals surface area contributed by atoms with Crippen molar-refractivity contribution >= 4 is 51.0 Å². The monoisotopic (exact) mass is 586 g/mol. The summed E-state index contributed by atoms with van der Waals surface area (Å²) in [7, 11) is -4.17. The SMILES string of the molecule is Cc1ccc(N(CC(=O)N/N=C/c2cc(C)n(-c3ccc(Cl)c(Cl)c3)c2C)S(=O)(=O)c2ccc(F)cc2)cc1. The number of carbonyl (C=O) groups is 1. The molecular formula is C28H25Cl2FN4O3S. The third-order valence-corrected chi connectivity index (χ3v) is 8.56. The van der Waals surface area contributed by atoms with E-state index in [1.165, 1.54) is 6.21 Å². The quantitative estimate of drug-likeness (QED) is 0.197. The van der Waals surface area contributed by atoms with Crippen LogP contribution in [0.2, 0.25) is 10.0 Å². The molecule has 1 heterocycles. The molecule has 0 saturated heterocycles. The number of hydrogen-bond acceptors (Lipinski definition) is 4. The van der Waals surface area contributed by atoms with E-state index in [1.807, 2.05) is 37.5 Å². The molecule has 0 saturated carbocycles. The van der Waals surface area contributed by atoms with Gasteiger partial charge in [-0.1, -0.05) is 40.9 Å². The lowest BCUT2D eigenvalue weighted by molar-refractivity contribution is -0.119. The minimum Gasteiger partial charge on any atom is -0.318 e. The highest BCUT2D eigenvalue weighted by Crippen LogP contribution is 2.27. The molecule has 0 aliphatic heterocycles. The van der Waals surface area contributed by atoms with Gasteiger partial charge in [-0.3, -0.25) is 9.10 Å². The van der Waals surface area contributed by atoms with Crippen molar-refractivity contribution in [3.63, 3.8) is 0 Å². The smallest absolute Gasteiger partial charge is 0.264 e. The molecule has 1 aromatic heterocycles. The van der Waals surface area contributed by atoms with E-state index in [-0.39, 0.29) is 10.6 Å². The van der Waals surface area contributed by atoms with Gasteiger partial charge in [-0.15, -0.1) is 0 Å². The lowest BCUT2D eigenvalue weighted by Crippen LogP contribution is -2.39. The fraction of sp³-hybridized carbons (Fsp3) is 0.143. The van der Waals surface area contributed by atoms with E-state index in [0.717, 1.165) is 56.8 Å². The maximum absolute atomic E-state index is 13.4. The van der Waals surface area contributed by atoms with E-state index in [0.29, 0.717) is 10.0 Å². The lowest BCUT2D eigenvalue weighted by atomic mass is 10.2. The number of aromatic nitrogens is 1. The molecule has 0 radical (unpaired) electrons. The summed E-state index contributed by atoms with van der Waals surface area (Å²) in [6, 6.07) is 18.3. The number of nitrogens with zero attached hydrogens (tertiary/aromatic N) is 3. The van der Waals surface area contributed by atoms with Crippen LogP contribution >= 0.6 is 23.2 Å². The second-order valence-electron chi connectivity index (χ2n) is 8.85. The van der Waals surface area contributed by atoms with Gasteiger partial charge in [-0.2, -0.15) is 5.10 Å². The number of sulfonamides is 1. The van der Waals surface area contributed by atoms with Gasteiger partial charge in [0, 0.05) is 22.6 Å². The van der Waals surface area contributed by atoms with Crippen molar-refractivity contribution in [1.29, 1.82) is 0 Å². The molecule has 11 heteroatoms. The minimum atomic E-state index is -4.17. The fourth-order valence-electron chi connectivity index (χ4n) is 4.04. The van der Waals surface area contributed by atoms with Crippen LogP contribution in [0.25, 0.3) is 5.69 Å². The number of nitrogens with one attached hydrogen (secondary N) is 1. The Kier molecular flexibility index (Phi) is 8.44. The summed E-state index contributed by atoms with van der Waals surface area (Å²) in [4.78, 5) is 12.7. The van der Waals surface area contributed by atoms with Gasteiger partial charge in [0.25, 0.3) is 15.9 Å². The Balaban J connectivity index is 1.55. The fourth-order valence-corrected chi connectivity index (χ4v) is 5.75. The molecule has 0 unspecified atom stereocenters. The summed E-state index contributed by atoms with van der Waals surface area (Å²) in [5.41, 5.74) is 6.94. The first-order valence-electron chi connectivity index (χ1n) is 11.8. The van der Waals surface area contributed by atoms with Crippen molar-refractivity contribution in [2.75, 3.05) is 10.8 Å². The highest BCUT2D eigenvalue weighted by Gasteiger charge is 2.27. The van der Waals surface area contributed by atoms with E-state index < -0.39 is 28.3 Å². The second kappa shape index (κ2) is 11.6. The van der Waals surface area contributed by atoms with Crippen LogP contribution in [0.4, 0.5) is 10.1 Å². The van der Waals surface area contributed by atoms with Crippen LogP contribution in [0.15, 0.2) is 82.8 Å². The van der Waals surface area contributed by atoms with Crippen LogP contribution in [0.3, 0.4) is 0 Å². The standard InChI is InChI=1S/C28H25Cl2FN4O3S/c1-18-4-8-23(9-5-18)34(39(37,38)25-11-6-22(31)7-12-25)17-28(36)33-32-16-21-14-19(2)35(20(21)3)24-10-13-26(29)27(30)15-24/h4-16H,17H2,1-3H3,(H,33,36)/b32-16+. The summed E-state index contributed by atoms with van der Waals surface area (Å²) in [5, 5.41) is 4.93. The first-order valence-corrected chi connectivity index (χ1v) is 14.0. The van der Waals surface area contributed by atoms with Gasteiger partial charge in [0.1, 0.15) is 12.4 Å². The predicted molar refractivity (Wildman–Crippen MR) is 153 cm³/mol. The number of rotatable bonds is 8. The molecule has 4 aromatic rings. The Morgan fingerprint density at radius 3 is 2.28 bits per heavy atom. The Bertz CT molecular complexity index is 1650. The first-order chi connectivity index (χ1) is 18.5. The molecule has 4 rings (SSSR count). The highest BCUT2D eigenvalue weighted by atomic mass is 35.5. The maximum Gasteiger partial charge on any atom is 0.264 e. The van der Waals surface area contributed by atoms with Gasteiger partial charge < -0.3 is 4.57 Å². The van der Waals surface area contributed by atoms with E-state index in [4.69, 9.17) is 23.2 Å². The highest BCUT2D eigenvalue weighted by molar-refractivity contribution is 7.92. The van der Waals surface area contributed by atoms with E-state index >= 15 is 0 Å². The number of anilines is 1. The zero-order valence-corrected chi connectivity index (χ0v) is 23.6. The Labute approximate surface area is 236 Å². The van der Waals surface area contributed by atoms with Crippen LogP contribution in [-0.2, 0) is 14.8 Å². The van der Waals surface area contributed by atoms with Gasteiger partial charge in [0.15, 0.2) is 0 Å². The topological polar surface area (TPSA) is 83.8 Å². The maximum atomic E-state index is 13.4. The third-order valence-electron chi connectivity index (χ3n) is 6.04. The minimum absolute atomic E-state index is 0.143. The van der Waals surface area contributed by atoms with Crippen molar-refractivity contribution in [3.05, 3.63) is 111 Å². The molecule has 1 amide bonds. The van der Waals surface area contributed by atoms with Crippen LogP contribution in [0, 0.1) is 26.6 Å². The number of hydrogen-bond donors (Lipinski definition) is 1. The largest absolute Gasteiger partial charge is 0.318 e. The average Bonchev–Trinajstić information content (AvgIpc) is 3.17. The molecule has 0 aliphatic carbocycles. The zero-order valence-electron chi connectivity index (χ0n) is 21.3. The van der Waals surface area contributed by atoms with Crippen LogP contribution in [0.1, 0.15) is 22.5 Å². The summed E-state index contributed by atoms with van der Waals surface area (Å²) >= 11 is 12.2. The summed E-state index contributed by atoms with van der Waals surface area (Å²) in [6.07, 6.45) is 1.49. The van der Waals surface area contributed by atoms with Gasteiger partial charge in [-0.25, -0.2) is 18.2 Å². The molecule has 0 aliphatic rings. The van der Waals surface area contributed by atoms with Crippen molar-refractivity contribution in [2.24, 2.45) is 5.10 Å². The van der Waals surface area contributed by atoms with Crippen LogP contribution in [-0.4, -0.2) is 31.7 Å². The van der Waals surface area contributed by atoms with Crippen molar-refractivity contribution in [3.8, 4) is 5.69 Å². The Hall–Kier alpha value is -3.66. The number of amides is 1. The molecule has 1 N–H and O–H groups in total. The van der Waals surface area contributed by atoms with Crippen molar-refractivity contribution in [2.45, 2.75) is 25.7 Å². The van der Waals surface area contributed by atoms with Gasteiger partial charge >= 0.3 is 0 Å². The van der Waals surface area contributed by atoms with E-state index in [1.54, 1.807) is 36.4 Å².